The molecule has 21 heavy (non-hydrogen) atoms. The topological polar surface area (TPSA) is 49.8 Å². The van der Waals surface area contributed by atoms with Gasteiger partial charge in [0.2, 0.25) is 0 Å². The van der Waals surface area contributed by atoms with Crippen LogP contribution in [-0.2, 0) is 6.54 Å². The Morgan fingerprint density at radius 3 is 2.62 bits per heavy atom. The first kappa shape index (κ1) is 13.5. The van der Waals surface area contributed by atoms with Crippen LogP contribution in [0.25, 0.3) is 10.8 Å². The van der Waals surface area contributed by atoms with Gasteiger partial charge < -0.3 is 10.6 Å². The molecule has 1 aromatic heterocycles. The summed E-state index contributed by atoms with van der Waals surface area (Å²) in [6.07, 6.45) is 3.47. The van der Waals surface area contributed by atoms with Gasteiger partial charge >= 0.3 is 0 Å². The number of thiocarbonyl (C=S) groups is 1. The molecule has 0 aliphatic carbocycles. The molecule has 0 bridgehead atoms. The lowest BCUT2D eigenvalue weighted by atomic mass is 10.2. The molecule has 4 nitrogen and oxygen atoms in total. The highest BCUT2D eigenvalue weighted by molar-refractivity contribution is 7.80. The van der Waals surface area contributed by atoms with Crippen molar-refractivity contribution in [3.8, 4) is 0 Å². The lowest BCUT2D eigenvalue weighted by Crippen LogP contribution is -2.27. The molecule has 104 valence electrons. The maximum absolute atomic E-state index is 5.34. The number of hydrogen-bond acceptors (Lipinski definition) is 3. The summed E-state index contributed by atoms with van der Waals surface area (Å²) in [4.78, 5) is 0. The van der Waals surface area contributed by atoms with Crippen molar-refractivity contribution in [3.05, 3.63) is 66.5 Å². The number of nitrogens with zero attached hydrogens (tertiary/aromatic N) is 2. The maximum Gasteiger partial charge on any atom is 0.171 e. The molecule has 0 saturated carbocycles. The molecule has 0 atom stereocenters. The highest BCUT2D eigenvalue weighted by Crippen LogP contribution is 2.21. The number of benzene rings is 2. The van der Waals surface area contributed by atoms with Crippen LogP contribution in [0.2, 0.25) is 0 Å². The fourth-order valence-corrected chi connectivity index (χ4v) is 2.26. The van der Waals surface area contributed by atoms with Crippen LogP contribution in [0.4, 0.5) is 5.69 Å². The maximum atomic E-state index is 5.34. The molecule has 3 aromatic rings. The molecule has 0 fully saturated rings. The third-order valence-electron chi connectivity index (χ3n) is 3.13. The van der Waals surface area contributed by atoms with Gasteiger partial charge in [-0.2, -0.15) is 10.2 Å². The second-order valence-electron chi connectivity index (χ2n) is 4.59. The molecule has 5 heteroatoms. The zero-order valence-corrected chi connectivity index (χ0v) is 12.1. The van der Waals surface area contributed by atoms with Gasteiger partial charge in [-0.1, -0.05) is 42.5 Å². The van der Waals surface area contributed by atoms with Crippen LogP contribution >= 0.6 is 12.2 Å². The number of anilines is 1. The van der Waals surface area contributed by atoms with E-state index in [1.807, 2.05) is 36.4 Å². The van der Waals surface area contributed by atoms with Crippen molar-refractivity contribution in [1.82, 2.24) is 15.5 Å². The van der Waals surface area contributed by atoms with Crippen molar-refractivity contribution < 1.29 is 0 Å². The van der Waals surface area contributed by atoms with Gasteiger partial charge in [0, 0.05) is 23.0 Å². The van der Waals surface area contributed by atoms with E-state index in [1.165, 1.54) is 5.56 Å². The first-order valence-corrected chi connectivity index (χ1v) is 7.02. The molecule has 0 saturated heterocycles. The Morgan fingerprint density at radius 1 is 0.952 bits per heavy atom. The number of rotatable bonds is 3. The fourth-order valence-electron chi connectivity index (χ4n) is 2.08. The van der Waals surface area contributed by atoms with Crippen molar-refractivity contribution in [2.24, 2.45) is 0 Å². The van der Waals surface area contributed by atoms with Gasteiger partial charge in [-0.25, -0.2) is 0 Å². The summed E-state index contributed by atoms with van der Waals surface area (Å²) in [6, 6.07) is 16.1. The standard InChI is InChI=1S/C16H14N4S/c21-16(17-9-12-5-2-1-3-6-12)20-15-8-4-7-13-10-18-19-11-14(13)15/h1-8,10-11H,9H2,(H2,17,20,21). The average Bonchev–Trinajstić information content (AvgIpc) is 2.54. The largest absolute Gasteiger partial charge is 0.358 e. The number of hydrogen-bond donors (Lipinski definition) is 2. The van der Waals surface area contributed by atoms with Gasteiger partial charge in [0.15, 0.2) is 5.11 Å². The summed E-state index contributed by atoms with van der Waals surface area (Å²) in [6.45, 7) is 0.692. The van der Waals surface area contributed by atoms with E-state index in [0.29, 0.717) is 11.7 Å². The van der Waals surface area contributed by atoms with Crippen LogP contribution in [0.3, 0.4) is 0 Å². The quantitative estimate of drug-likeness (QED) is 0.727. The number of aromatic nitrogens is 2. The first-order valence-electron chi connectivity index (χ1n) is 6.61. The van der Waals surface area contributed by atoms with Crippen molar-refractivity contribution in [3.63, 3.8) is 0 Å². The van der Waals surface area contributed by atoms with Gasteiger partial charge in [-0.3, -0.25) is 0 Å². The normalized spacial score (nSPS) is 10.3. The lowest BCUT2D eigenvalue weighted by Gasteiger charge is -2.12. The van der Waals surface area contributed by atoms with Crippen molar-refractivity contribution in [2.45, 2.75) is 6.54 Å². The van der Waals surface area contributed by atoms with Crippen LogP contribution < -0.4 is 10.6 Å². The molecule has 3 rings (SSSR count). The average molecular weight is 294 g/mol. The molecule has 0 aliphatic heterocycles. The van der Waals surface area contributed by atoms with E-state index in [0.717, 1.165) is 16.5 Å². The van der Waals surface area contributed by atoms with E-state index in [2.05, 4.69) is 33.0 Å². The Balaban J connectivity index is 1.69. The Kier molecular flexibility index (Phi) is 4.02. The molecule has 2 N–H and O–H groups in total. The van der Waals surface area contributed by atoms with E-state index in [4.69, 9.17) is 12.2 Å². The van der Waals surface area contributed by atoms with Gasteiger partial charge in [0.1, 0.15) is 0 Å². The predicted molar refractivity (Wildman–Crippen MR) is 89.0 cm³/mol. The summed E-state index contributed by atoms with van der Waals surface area (Å²) >= 11 is 5.34. The third-order valence-corrected chi connectivity index (χ3v) is 3.38. The van der Waals surface area contributed by atoms with Crippen LogP contribution in [0, 0.1) is 0 Å². The van der Waals surface area contributed by atoms with Crippen LogP contribution in [0.15, 0.2) is 60.9 Å². The zero-order valence-electron chi connectivity index (χ0n) is 11.3. The van der Waals surface area contributed by atoms with Gasteiger partial charge in [0.05, 0.1) is 12.4 Å². The summed E-state index contributed by atoms with van der Waals surface area (Å²) in [5.74, 6) is 0. The van der Waals surface area contributed by atoms with Gasteiger partial charge in [-0.15, -0.1) is 0 Å². The summed E-state index contributed by atoms with van der Waals surface area (Å²) in [5, 5.41) is 16.8. The van der Waals surface area contributed by atoms with E-state index in [9.17, 15) is 0 Å². The van der Waals surface area contributed by atoms with Gasteiger partial charge in [0.25, 0.3) is 0 Å². The first-order chi connectivity index (χ1) is 10.3. The van der Waals surface area contributed by atoms with Gasteiger partial charge in [-0.05, 0) is 23.8 Å². The minimum atomic E-state index is 0.586. The summed E-state index contributed by atoms with van der Waals surface area (Å²) in [7, 11) is 0. The number of nitrogens with one attached hydrogen (secondary N) is 2. The lowest BCUT2D eigenvalue weighted by molar-refractivity contribution is 0.926. The molecule has 0 amide bonds. The minimum absolute atomic E-state index is 0.586. The molecular formula is C16H14N4S. The summed E-state index contributed by atoms with van der Waals surface area (Å²) < 4.78 is 0. The SMILES string of the molecule is S=C(NCc1ccccc1)Nc1cccc2cnncc12. The monoisotopic (exact) mass is 294 g/mol. The second-order valence-corrected chi connectivity index (χ2v) is 5.00. The van der Waals surface area contributed by atoms with Crippen LogP contribution in [0.1, 0.15) is 5.56 Å². The molecule has 1 heterocycles. The van der Waals surface area contributed by atoms with Crippen molar-refractivity contribution in [2.75, 3.05) is 5.32 Å². The smallest absolute Gasteiger partial charge is 0.171 e. The number of fused-ring (bicyclic) bond motifs is 1. The molecule has 0 unspecified atom stereocenters. The van der Waals surface area contributed by atoms with E-state index in [-0.39, 0.29) is 0 Å². The van der Waals surface area contributed by atoms with E-state index >= 15 is 0 Å². The van der Waals surface area contributed by atoms with Crippen LogP contribution in [-0.4, -0.2) is 15.3 Å². The molecular weight excluding hydrogens is 280 g/mol. The Morgan fingerprint density at radius 2 is 1.76 bits per heavy atom. The molecule has 0 aliphatic rings. The minimum Gasteiger partial charge on any atom is -0.358 e. The van der Waals surface area contributed by atoms with E-state index in [1.54, 1.807) is 12.4 Å². The fraction of sp³-hybridized carbons (Fsp3) is 0.0625. The zero-order chi connectivity index (χ0) is 14.5. The molecule has 2 aromatic carbocycles. The molecule has 0 radical (unpaired) electrons. The highest BCUT2D eigenvalue weighted by atomic mass is 32.1. The van der Waals surface area contributed by atoms with Crippen LogP contribution in [0.5, 0.6) is 0 Å². The second kappa shape index (κ2) is 6.28. The molecule has 0 spiro atoms. The Hall–Kier alpha value is -2.53. The van der Waals surface area contributed by atoms with Crippen molar-refractivity contribution >= 4 is 33.8 Å². The van der Waals surface area contributed by atoms with E-state index < -0.39 is 0 Å². The Labute approximate surface area is 128 Å². The Bertz CT molecular complexity index is 753. The summed E-state index contributed by atoms with van der Waals surface area (Å²) in [5.41, 5.74) is 2.11. The van der Waals surface area contributed by atoms with Crippen molar-refractivity contribution in [1.29, 1.82) is 0 Å². The third kappa shape index (κ3) is 3.32. The predicted octanol–water partition coefficient (Wildman–Crippen LogP) is 3.12. The highest BCUT2D eigenvalue weighted by Gasteiger charge is 2.03.